The summed E-state index contributed by atoms with van der Waals surface area (Å²) in [6.07, 6.45) is 2.91. The van der Waals surface area contributed by atoms with E-state index in [1.54, 1.807) is 31.2 Å². The fourth-order valence-electron chi connectivity index (χ4n) is 3.53. The molecule has 0 radical (unpaired) electrons. The number of rotatable bonds is 6. The Labute approximate surface area is 161 Å². The summed E-state index contributed by atoms with van der Waals surface area (Å²) >= 11 is 0. The van der Waals surface area contributed by atoms with E-state index in [0.29, 0.717) is 0 Å². The summed E-state index contributed by atoms with van der Waals surface area (Å²) in [6.45, 7) is 3.72. The number of hydrogen-bond acceptors (Lipinski definition) is 3. The molecule has 27 heavy (non-hydrogen) atoms. The third kappa shape index (κ3) is 4.39. The van der Waals surface area contributed by atoms with Gasteiger partial charge in [0, 0.05) is 6.54 Å². The Kier molecular flexibility index (Phi) is 5.97. The molecule has 0 saturated heterocycles. The number of benzene rings is 2. The molecule has 1 aliphatic rings. The van der Waals surface area contributed by atoms with E-state index in [1.165, 1.54) is 9.87 Å². The van der Waals surface area contributed by atoms with Crippen LogP contribution in [0.25, 0.3) is 0 Å². The van der Waals surface area contributed by atoms with Gasteiger partial charge in [0.2, 0.25) is 15.9 Å². The van der Waals surface area contributed by atoms with Gasteiger partial charge >= 0.3 is 0 Å². The third-order valence-corrected chi connectivity index (χ3v) is 6.97. The van der Waals surface area contributed by atoms with E-state index in [9.17, 15) is 13.2 Å². The van der Waals surface area contributed by atoms with Gasteiger partial charge in [-0.05, 0) is 49.4 Å². The minimum Gasteiger partial charge on any atom is -0.348 e. The Balaban J connectivity index is 1.72. The van der Waals surface area contributed by atoms with Crippen LogP contribution in [0, 0.1) is 6.92 Å². The molecule has 5 nitrogen and oxygen atoms in total. The molecule has 1 atom stereocenters. The predicted octanol–water partition coefficient (Wildman–Crippen LogP) is 3.20. The second-order valence-corrected chi connectivity index (χ2v) is 8.89. The number of carbonyl (C=O) groups excluding carboxylic acids is 1. The third-order valence-electron chi connectivity index (χ3n) is 5.04. The predicted molar refractivity (Wildman–Crippen MR) is 106 cm³/mol. The van der Waals surface area contributed by atoms with Crippen LogP contribution in [0.3, 0.4) is 0 Å². The number of nitrogens with zero attached hydrogens (tertiary/aromatic N) is 1. The number of fused-ring (bicyclic) bond motifs is 1. The van der Waals surface area contributed by atoms with Crippen LogP contribution in [-0.4, -0.2) is 31.7 Å². The van der Waals surface area contributed by atoms with Crippen LogP contribution in [0.15, 0.2) is 53.4 Å². The number of aryl methyl sites for hydroxylation is 2. The van der Waals surface area contributed by atoms with Gasteiger partial charge in [0.25, 0.3) is 0 Å². The van der Waals surface area contributed by atoms with Gasteiger partial charge in [-0.1, -0.05) is 48.9 Å². The zero-order valence-electron chi connectivity index (χ0n) is 15.8. The second-order valence-electron chi connectivity index (χ2n) is 6.96. The van der Waals surface area contributed by atoms with Crippen molar-refractivity contribution in [2.45, 2.75) is 44.0 Å². The van der Waals surface area contributed by atoms with Gasteiger partial charge < -0.3 is 5.32 Å². The summed E-state index contributed by atoms with van der Waals surface area (Å²) in [7, 11) is -3.69. The van der Waals surface area contributed by atoms with E-state index in [2.05, 4.69) is 11.4 Å². The lowest BCUT2D eigenvalue weighted by molar-refractivity contribution is -0.122. The summed E-state index contributed by atoms with van der Waals surface area (Å²) < 4.78 is 26.9. The summed E-state index contributed by atoms with van der Waals surface area (Å²) in [5.74, 6) is -0.269. The molecular formula is C21H26N2O3S. The van der Waals surface area contributed by atoms with Crippen LogP contribution < -0.4 is 5.32 Å². The molecule has 1 aliphatic carbocycles. The number of nitrogens with one attached hydrogen (secondary N) is 1. The quantitative estimate of drug-likeness (QED) is 0.829. The van der Waals surface area contributed by atoms with Gasteiger partial charge in [-0.25, -0.2) is 8.42 Å². The largest absolute Gasteiger partial charge is 0.348 e. The molecule has 2 aromatic carbocycles. The highest BCUT2D eigenvalue weighted by Gasteiger charge is 2.27. The molecule has 0 aromatic heterocycles. The first-order valence-corrected chi connectivity index (χ1v) is 10.8. The van der Waals surface area contributed by atoms with Crippen molar-refractivity contribution in [3.8, 4) is 0 Å². The zero-order chi connectivity index (χ0) is 19.4. The van der Waals surface area contributed by atoms with Gasteiger partial charge in [0.1, 0.15) is 0 Å². The van der Waals surface area contributed by atoms with Crippen molar-refractivity contribution in [3.63, 3.8) is 0 Å². The Morgan fingerprint density at radius 2 is 1.85 bits per heavy atom. The SMILES string of the molecule is CCN(CC(=O)N[C@@H]1CCCc2ccccc21)S(=O)(=O)c1ccc(C)cc1. The molecule has 0 heterocycles. The molecule has 0 bridgehead atoms. The maximum atomic E-state index is 12.8. The van der Waals surface area contributed by atoms with Crippen molar-refractivity contribution in [1.29, 1.82) is 0 Å². The number of hydrogen-bond donors (Lipinski definition) is 1. The molecular weight excluding hydrogens is 360 g/mol. The van der Waals surface area contributed by atoms with E-state index < -0.39 is 10.0 Å². The Morgan fingerprint density at radius 3 is 2.56 bits per heavy atom. The van der Waals surface area contributed by atoms with Gasteiger partial charge in [-0.2, -0.15) is 4.31 Å². The first-order valence-electron chi connectivity index (χ1n) is 9.36. The van der Waals surface area contributed by atoms with Crippen molar-refractivity contribution in [2.75, 3.05) is 13.1 Å². The normalized spacial score (nSPS) is 16.8. The van der Waals surface area contributed by atoms with E-state index in [4.69, 9.17) is 0 Å². The van der Waals surface area contributed by atoms with Crippen LogP contribution in [0.4, 0.5) is 0 Å². The summed E-state index contributed by atoms with van der Waals surface area (Å²) in [5.41, 5.74) is 3.39. The molecule has 2 aromatic rings. The molecule has 0 saturated carbocycles. The van der Waals surface area contributed by atoms with Crippen molar-refractivity contribution in [1.82, 2.24) is 9.62 Å². The van der Waals surface area contributed by atoms with Gasteiger partial charge in [-0.15, -0.1) is 0 Å². The van der Waals surface area contributed by atoms with Crippen LogP contribution in [-0.2, 0) is 21.2 Å². The number of amides is 1. The minimum absolute atomic E-state index is 0.0526. The fourth-order valence-corrected chi connectivity index (χ4v) is 4.94. The molecule has 0 spiro atoms. The monoisotopic (exact) mass is 386 g/mol. The maximum absolute atomic E-state index is 12.8. The Bertz CT molecular complexity index is 907. The molecule has 0 fully saturated rings. The first-order chi connectivity index (χ1) is 12.9. The number of sulfonamides is 1. The fraction of sp³-hybridized carbons (Fsp3) is 0.381. The zero-order valence-corrected chi connectivity index (χ0v) is 16.6. The van der Waals surface area contributed by atoms with Crippen LogP contribution in [0.2, 0.25) is 0 Å². The highest BCUT2D eigenvalue weighted by atomic mass is 32.2. The standard InChI is InChI=1S/C21H26N2O3S/c1-3-23(27(25,26)18-13-11-16(2)12-14-18)15-21(24)22-20-10-6-8-17-7-4-5-9-19(17)20/h4-5,7,9,11-14,20H,3,6,8,10,15H2,1-2H3,(H,22,24)/t20-/m1/s1. The van der Waals surface area contributed by atoms with E-state index in [0.717, 1.165) is 30.4 Å². The highest BCUT2D eigenvalue weighted by molar-refractivity contribution is 7.89. The van der Waals surface area contributed by atoms with Crippen molar-refractivity contribution in [2.24, 2.45) is 0 Å². The summed E-state index contributed by atoms with van der Waals surface area (Å²) in [5, 5.41) is 3.03. The topological polar surface area (TPSA) is 66.5 Å². The van der Waals surface area contributed by atoms with E-state index in [1.807, 2.05) is 25.1 Å². The van der Waals surface area contributed by atoms with Gasteiger partial charge in [0.15, 0.2) is 0 Å². The maximum Gasteiger partial charge on any atom is 0.243 e. The van der Waals surface area contributed by atoms with Gasteiger partial charge in [0.05, 0.1) is 17.5 Å². The van der Waals surface area contributed by atoms with Crippen LogP contribution in [0.1, 0.15) is 42.5 Å². The average Bonchev–Trinajstić information content (AvgIpc) is 2.66. The van der Waals surface area contributed by atoms with Crippen LogP contribution >= 0.6 is 0 Å². The highest BCUT2D eigenvalue weighted by Crippen LogP contribution is 2.29. The average molecular weight is 387 g/mol. The van der Waals surface area contributed by atoms with Crippen molar-refractivity contribution in [3.05, 3.63) is 65.2 Å². The van der Waals surface area contributed by atoms with E-state index >= 15 is 0 Å². The summed E-state index contributed by atoms with van der Waals surface area (Å²) in [4.78, 5) is 12.8. The smallest absolute Gasteiger partial charge is 0.243 e. The second kappa shape index (κ2) is 8.23. The summed E-state index contributed by atoms with van der Waals surface area (Å²) in [6, 6.07) is 14.8. The Morgan fingerprint density at radius 1 is 1.15 bits per heavy atom. The lowest BCUT2D eigenvalue weighted by Gasteiger charge is -2.27. The lowest BCUT2D eigenvalue weighted by Crippen LogP contribution is -2.42. The molecule has 144 valence electrons. The lowest BCUT2D eigenvalue weighted by atomic mass is 9.88. The molecule has 3 rings (SSSR count). The molecule has 6 heteroatoms. The number of likely N-dealkylation sites (N-methyl/N-ethyl adjacent to an activating group) is 1. The minimum atomic E-state index is -3.69. The Hall–Kier alpha value is -2.18. The molecule has 0 unspecified atom stereocenters. The molecule has 1 N–H and O–H groups in total. The van der Waals surface area contributed by atoms with Crippen molar-refractivity contribution >= 4 is 15.9 Å². The first kappa shape index (κ1) is 19.6. The molecule has 1 amide bonds. The van der Waals surface area contributed by atoms with Crippen LogP contribution in [0.5, 0.6) is 0 Å². The molecule has 0 aliphatic heterocycles. The van der Waals surface area contributed by atoms with Gasteiger partial charge in [-0.3, -0.25) is 4.79 Å². The van der Waals surface area contributed by atoms with E-state index in [-0.39, 0.29) is 29.9 Å². The van der Waals surface area contributed by atoms with Crippen molar-refractivity contribution < 1.29 is 13.2 Å². The number of carbonyl (C=O) groups is 1.